The minimum atomic E-state index is -0.689. The van der Waals surface area contributed by atoms with Crippen molar-refractivity contribution in [2.45, 2.75) is 12.3 Å². The Hall–Kier alpha value is -4.20. The smallest absolute Gasteiger partial charge is 0.431 e. The van der Waals surface area contributed by atoms with Gasteiger partial charge in [0, 0.05) is 5.69 Å². The van der Waals surface area contributed by atoms with Crippen molar-refractivity contribution in [2.24, 2.45) is 0 Å². The van der Waals surface area contributed by atoms with Crippen LogP contribution in [0.4, 0.5) is 15.3 Å². The Morgan fingerprint density at radius 3 is 1.42 bits per heavy atom. The second-order valence-electron chi connectivity index (χ2n) is 7.30. The molecule has 0 aromatic heterocycles. The van der Waals surface area contributed by atoms with Crippen molar-refractivity contribution in [3.8, 4) is 5.75 Å². The summed E-state index contributed by atoms with van der Waals surface area (Å²) in [5.41, 5.74) is 2.37. The van der Waals surface area contributed by atoms with Crippen molar-refractivity contribution in [1.29, 1.82) is 0 Å². The molecule has 3 aromatic carbocycles. The van der Waals surface area contributed by atoms with Gasteiger partial charge >= 0.3 is 12.2 Å². The normalized spacial score (nSPS) is 17.6. The lowest BCUT2D eigenvalue weighted by molar-refractivity contribution is -0.0129. The highest BCUT2D eigenvalue weighted by atomic mass is 16.6. The molecular formula is C25H25N3O5. The maximum atomic E-state index is 13.1. The highest BCUT2D eigenvalue weighted by Gasteiger charge is 2.53. The van der Waals surface area contributed by atoms with E-state index in [9.17, 15) is 9.59 Å². The van der Waals surface area contributed by atoms with Crippen LogP contribution in [0.2, 0.25) is 0 Å². The van der Waals surface area contributed by atoms with E-state index in [4.69, 9.17) is 14.2 Å². The van der Waals surface area contributed by atoms with E-state index >= 15 is 0 Å². The first kappa shape index (κ1) is 22.0. The highest BCUT2D eigenvalue weighted by Crippen LogP contribution is 2.47. The van der Waals surface area contributed by atoms with Gasteiger partial charge in [-0.25, -0.2) is 9.59 Å². The Morgan fingerprint density at radius 2 is 1.06 bits per heavy atom. The number of hydrogen-bond donors (Lipinski definition) is 0. The van der Waals surface area contributed by atoms with Gasteiger partial charge in [0.15, 0.2) is 12.3 Å². The summed E-state index contributed by atoms with van der Waals surface area (Å²) in [6, 6.07) is 26.4. The van der Waals surface area contributed by atoms with Crippen LogP contribution in [0.1, 0.15) is 23.5 Å². The molecule has 2 atom stereocenters. The largest absolute Gasteiger partial charge is 0.497 e. The van der Waals surface area contributed by atoms with Gasteiger partial charge in [0.1, 0.15) is 5.75 Å². The lowest BCUT2D eigenvalue weighted by Gasteiger charge is -2.31. The third-order valence-electron chi connectivity index (χ3n) is 5.51. The molecule has 3 aromatic rings. The maximum Gasteiger partial charge on any atom is 0.431 e. The molecule has 1 heterocycles. The van der Waals surface area contributed by atoms with Crippen LogP contribution in [-0.2, 0) is 9.47 Å². The van der Waals surface area contributed by atoms with Crippen LogP contribution in [0.5, 0.6) is 5.75 Å². The van der Waals surface area contributed by atoms with E-state index in [1.54, 1.807) is 7.11 Å². The molecule has 8 nitrogen and oxygen atoms in total. The number of carbonyl (C=O) groups excluding carboxylic acids is 2. The minimum absolute atomic E-state index is 0.684. The average Bonchev–Trinajstić information content (AvgIpc) is 3.25. The van der Waals surface area contributed by atoms with Crippen LogP contribution in [0.15, 0.2) is 84.9 Å². The zero-order valence-corrected chi connectivity index (χ0v) is 18.6. The fourth-order valence-corrected chi connectivity index (χ4v) is 4.06. The minimum Gasteiger partial charge on any atom is -0.497 e. The number of carbonyl (C=O) groups is 2. The molecule has 170 valence electrons. The summed E-state index contributed by atoms with van der Waals surface area (Å²) in [6.07, 6.45) is -2.75. The van der Waals surface area contributed by atoms with Gasteiger partial charge in [0.2, 0.25) is 0 Å². The Bertz CT molecular complexity index is 1030. The van der Waals surface area contributed by atoms with Gasteiger partial charge < -0.3 is 19.1 Å². The van der Waals surface area contributed by atoms with Gasteiger partial charge in [0.25, 0.3) is 0 Å². The number of hydrazine groups is 1. The highest BCUT2D eigenvalue weighted by molar-refractivity contribution is 5.78. The molecular weight excluding hydrogens is 422 g/mol. The Balaban J connectivity index is 1.98. The molecule has 0 N–H and O–H groups in total. The van der Waals surface area contributed by atoms with E-state index in [-0.39, 0.29) is 0 Å². The predicted octanol–water partition coefficient (Wildman–Crippen LogP) is 4.96. The van der Waals surface area contributed by atoms with Crippen molar-refractivity contribution < 1.29 is 23.8 Å². The van der Waals surface area contributed by atoms with Gasteiger partial charge in [-0.15, -0.1) is 0 Å². The van der Waals surface area contributed by atoms with Crippen LogP contribution >= 0.6 is 0 Å². The van der Waals surface area contributed by atoms with Gasteiger partial charge in [-0.2, -0.15) is 10.0 Å². The first-order valence-corrected chi connectivity index (χ1v) is 10.4. The monoisotopic (exact) mass is 447 g/mol. The van der Waals surface area contributed by atoms with Crippen molar-refractivity contribution in [3.63, 3.8) is 0 Å². The SMILES string of the molecule is COC(=O)N1[C@H](c2ccccc2)N(c2ccc(OC)cc2)[C@H](c2ccccc2)N1C(=O)OC. The van der Waals surface area contributed by atoms with E-state index in [1.165, 1.54) is 24.2 Å². The standard InChI is InChI=1S/C25H25N3O5/c1-31-21-16-14-20(15-17-21)26-22(18-10-6-4-7-11-18)27(24(29)32-2)28(25(30)33-3)23(26)19-12-8-5-9-13-19/h4-17,22-23H,1-3H3/t22-,23+. The number of benzene rings is 3. The summed E-state index contributed by atoms with van der Waals surface area (Å²) in [7, 11) is 4.17. The molecule has 0 unspecified atom stereocenters. The zero-order valence-electron chi connectivity index (χ0n) is 18.6. The fraction of sp³-hybridized carbons (Fsp3) is 0.200. The topological polar surface area (TPSA) is 71.6 Å². The maximum absolute atomic E-state index is 13.1. The summed E-state index contributed by atoms with van der Waals surface area (Å²) in [4.78, 5) is 28.2. The van der Waals surface area contributed by atoms with E-state index in [0.717, 1.165) is 16.8 Å². The molecule has 1 aliphatic heterocycles. The molecule has 1 aliphatic rings. The summed E-state index contributed by atoms with van der Waals surface area (Å²) < 4.78 is 15.5. The number of amides is 2. The summed E-state index contributed by atoms with van der Waals surface area (Å²) in [5.74, 6) is 0.695. The van der Waals surface area contributed by atoms with E-state index in [0.29, 0.717) is 5.75 Å². The number of anilines is 1. The van der Waals surface area contributed by atoms with Crippen molar-refractivity contribution >= 4 is 17.9 Å². The van der Waals surface area contributed by atoms with Crippen molar-refractivity contribution in [1.82, 2.24) is 10.0 Å². The molecule has 0 saturated carbocycles. The van der Waals surface area contributed by atoms with Gasteiger partial charge in [-0.1, -0.05) is 60.7 Å². The van der Waals surface area contributed by atoms with Gasteiger partial charge in [-0.05, 0) is 35.4 Å². The number of rotatable bonds is 4. The van der Waals surface area contributed by atoms with Crippen LogP contribution in [0.25, 0.3) is 0 Å². The first-order chi connectivity index (χ1) is 16.1. The van der Waals surface area contributed by atoms with Crippen molar-refractivity contribution in [2.75, 3.05) is 26.2 Å². The second-order valence-corrected chi connectivity index (χ2v) is 7.30. The number of ether oxygens (including phenoxy) is 3. The molecule has 0 aliphatic carbocycles. The fourth-order valence-electron chi connectivity index (χ4n) is 4.06. The first-order valence-electron chi connectivity index (χ1n) is 10.4. The van der Waals surface area contributed by atoms with E-state index in [2.05, 4.69) is 0 Å². The van der Waals surface area contributed by atoms with Crippen LogP contribution < -0.4 is 9.64 Å². The zero-order chi connectivity index (χ0) is 23.4. The third-order valence-corrected chi connectivity index (χ3v) is 5.51. The molecule has 1 saturated heterocycles. The molecule has 1 fully saturated rings. The average molecular weight is 447 g/mol. The molecule has 2 amide bonds. The number of nitrogens with zero attached hydrogens (tertiary/aromatic N) is 3. The molecule has 33 heavy (non-hydrogen) atoms. The molecule has 0 radical (unpaired) electrons. The van der Waals surface area contributed by atoms with Crippen LogP contribution in [0.3, 0.4) is 0 Å². The lowest BCUT2D eigenvalue weighted by Crippen LogP contribution is -2.46. The van der Waals surface area contributed by atoms with E-state index in [1.807, 2.05) is 89.8 Å². The molecule has 8 heteroatoms. The van der Waals surface area contributed by atoms with Gasteiger partial charge in [0.05, 0.1) is 21.3 Å². The van der Waals surface area contributed by atoms with Crippen LogP contribution in [0, 0.1) is 0 Å². The quantitative estimate of drug-likeness (QED) is 0.563. The number of methoxy groups -OCH3 is 3. The summed E-state index contributed by atoms with van der Waals surface area (Å²) in [5, 5.41) is 2.59. The summed E-state index contributed by atoms with van der Waals surface area (Å²) in [6.45, 7) is 0. The Kier molecular flexibility index (Phi) is 6.35. The Morgan fingerprint density at radius 1 is 0.636 bits per heavy atom. The van der Waals surface area contributed by atoms with Gasteiger partial charge in [-0.3, -0.25) is 0 Å². The molecule has 4 rings (SSSR count). The van der Waals surface area contributed by atoms with E-state index < -0.39 is 24.5 Å². The Labute approximate surface area is 192 Å². The number of hydrogen-bond acceptors (Lipinski definition) is 6. The lowest BCUT2D eigenvalue weighted by atomic mass is 10.1. The second kappa shape index (κ2) is 9.52. The third kappa shape index (κ3) is 4.03. The van der Waals surface area contributed by atoms with Crippen molar-refractivity contribution in [3.05, 3.63) is 96.1 Å². The van der Waals surface area contributed by atoms with Crippen LogP contribution in [-0.4, -0.2) is 43.5 Å². The summed E-state index contributed by atoms with van der Waals surface area (Å²) >= 11 is 0. The predicted molar refractivity (Wildman–Crippen MR) is 122 cm³/mol. The molecule has 0 spiro atoms. The molecule has 0 bridgehead atoms.